The molecule has 84 valence electrons. The lowest BCUT2D eigenvalue weighted by atomic mass is 9.94. The molecule has 2 atom stereocenters. The fraction of sp³-hybridized carbons (Fsp3) is 0.500. The second kappa shape index (κ2) is 5.73. The standard InChI is InChI=1S/C12H18O3/c1-9(7-10(14)8-13)11-5-3-4-6-12(11)15-2/h3-6,9-10,13-14H,7-8H2,1-2H3. The largest absolute Gasteiger partial charge is 0.496 e. The number of rotatable bonds is 5. The van der Waals surface area contributed by atoms with Crippen molar-refractivity contribution in [2.24, 2.45) is 0 Å². The second-order valence-electron chi connectivity index (χ2n) is 3.72. The third-order valence-corrected chi connectivity index (χ3v) is 2.51. The lowest BCUT2D eigenvalue weighted by molar-refractivity contribution is 0.0833. The quantitative estimate of drug-likeness (QED) is 0.775. The van der Waals surface area contributed by atoms with Gasteiger partial charge < -0.3 is 14.9 Å². The molecule has 2 N–H and O–H groups in total. The summed E-state index contributed by atoms with van der Waals surface area (Å²) in [4.78, 5) is 0. The Morgan fingerprint density at radius 3 is 2.60 bits per heavy atom. The Kier molecular flexibility index (Phi) is 4.59. The highest BCUT2D eigenvalue weighted by Crippen LogP contribution is 2.28. The molecule has 0 fully saturated rings. The molecule has 1 rings (SSSR count). The first-order chi connectivity index (χ1) is 7.19. The highest BCUT2D eigenvalue weighted by molar-refractivity contribution is 5.35. The van der Waals surface area contributed by atoms with Crippen LogP contribution >= 0.6 is 0 Å². The van der Waals surface area contributed by atoms with E-state index >= 15 is 0 Å². The number of ether oxygens (including phenoxy) is 1. The Balaban J connectivity index is 2.76. The maximum atomic E-state index is 9.36. The Bertz CT molecular complexity index is 299. The maximum Gasteiger partial charge on any atom is 0.122 e. The summed E-state index contributed by atoms with van der Waals surface area (Å²) in [7, 11) is 1.63. The van der Waals surface area contributed by atoms with Crippen molar-refractivity contribution in [3.8, 4) is 5.75 Å². The van der Waals surface area contributed by atoms with Crippen molar-refractivity contribution < 1.29 is 14.9 Å². The minimum atomic E-state index is -0.662. The summed E-state index contributed by atoms with van der Waals surface area (Å²) >= 11 is 0. The molecule has 0 spiro atoms. The molecule has 0 bridgehead atoms. The Morgan fingerprint density at radius 1 is 1.33 bits per heavy atom. The smallest absolute Gasteiger partial charge is 0.122 e. The Hall–Kier alpha value is -1.06. The highest BCUT2D eigenvalue weighted by atomic mass is 16.5. The van der Waals surface area contributed by atoms with Gasteiger partial charge in [0.1, 0.15) is 5.75 Å². The molecule has 1 aromatic rings. The molecule has 0 radical (unpaired) electrons. The van der Waals surface area contributed by atoms with Crippen LogP contribution in [0.2, 0.25) is 0 Å². The van der Waals surface area contributed by atoms with Crippen molar-refractivity contribution in [3.63, 3.8) is 0 Å². The summed E-state index contributed by atoms with van der Waals surface area (Å²) in [5, 5.41) is 18.1. The van der Waals surface area contributed by atoms with Gasteiger partial charge in [-0.3, -0.25) is 0 Å². The van der Waals surface area contributed by atoms with Crippen LogP contribution in [0.25, 0.3) is 0 Å². The molecule has 15 heavy (non-hydrogen) atoms. The lowest BCUT2D eigenvalue weighted by Crippen LogP contribution is -2.15. The third kappa shape index (κ3) is 3.22. The van der Waals surface area contributed by atoms with Crippen LogP contribution < -0.4 is 4.74 Å². The Labute approximate surface area is 90.3 Å². The summed E-state index contributed by atoms with van der Waals surface area (Å²) < 4.78 is 5.24. The fourth-order valence-corrected chi connectivity index (χ4v) is 1.68. The third-order valence-electron chi connectivity index (χ3n) is 2.51. The van der Waals surface area contributed by atoms with Gasteiger partial charge in [-0.2, -0.15) is 0 Å². The number of methoxy groups -OCH3 is 1. The van der Waals surface area contributed by atoms with Crippen LogP contribution in [0.1, 0.15) is 24.8 Å². The normalized spacial score (nSPS) is 14.7. The van der Waals surface area contributed by atoms with Gasteiger partial charge in [-0.25, -0.2) is 0 Å². The topological polar surface area (TPSA) is 49.7 Å². The van der Waals surface area contributed by atoms with Gasteiger partial charge in [-0.15, -0.1) is 0 Å². The van der Waals surface area contributed by atoms with E-state index in [9.17, 15) is 5.11 Å². The molecule has 3 nitrogen and oxygen atoms in total. The van der Waals surface area contributed by atoms with Gasteiger partial charge in [0.25, 0.3) is 0 Å². The van der Waals surface area contributed by atoms with Crippen molar-refractivity contribution in [3.05, 3.63) is 29.8 Å². The van der Waals surface area contributed by atoms with Gasteiger partial charge in [-0.1, -0.05) is 25.1 Å². The van der Waals surface area contributed by atoms with E-state index in [4.69, 9.17) is 9.84 Å². The van der Waals surface area contributed by atoms with Crippen molar-refractivity contribution in [1.82, 2.24) is 0 Å². The maximum absolute atomic E-state index is 9.36. The van der Waals surface area contributed by atoms with E-state index in [-0.39, 0.29) is 12.5 Å². The van der Waals surface area contributed by atoms with E-state index in [2.05, 4.69) is 0 Å². The molecule has 3 heteroatoms. The average Bonchev–Trinajstić information content (AvgIpc) is 2.28. The van der Waals surface area contributed by atoms with Crippen LogP contribution in [-0.4, -0.2) is 30.0 Å². The van der Waals surface area contributed by atoms with E-state index in [1.54, 1.807) is 7.11 Å². The number of aliphatic hydroxyl groups excluding tert-OH is 2. The van der Waals surface area contributed by atoms with Crippen LogP contribution in [0.5, 0.6) is 5.75 Å². The van der Waals surface area contributed by atoms with Crippen LogP contribution in [-0.2, 0) is 0 Å². The van der Waals surface area contributed by atoms with E-state index < -0.39 is 6.10 Å². The first-order valence-electron chi connectivity index (χ1n) is 5.10. The number of para-hydroxylation sites is 1. The Morgan fingerprint density at radius 2 is 2.00 bits per heavy atom. The molecule has 1 aromatic carbocycles. The molecule has 0 aliphatic heterocycles. The van der Waals surface area contributed by atoms with Crippen LogP contribution in [0.15, 0.2) is 24.3 Å². The lowest BCUT2D eigenvalue weighted by Gasteiger charge is -2.17. The van der Waals surface area contributed by atoms with Gasteiger partial charge >= 0.3 is 0 Å². The van der Waals surface area contributed by atoms with Crippen molar-refractivity contribution >= 4 is 0 Å². The molecule has 0 amide bonds. The van der Waals surface area contributed by atoms with Gasteiger partial charge in [0.15, 0.2) is 0 Å². The van der Waals surface area contributed by atoms with E-state index in [0.29, 0.717) is 6.42 Å². The summed E-state index contributed by atoms with van der Waals surface area (Å²) in [6.07, 6.45) is -0.124. The molecule has 0 aliphatic carbocycles. The molecule has 0 aromatic heterocycles. The van der Waals surface area contributed by atoms with Crippen molar-refractivity contribution in [2.45, 2.75) is 25.4 Å². The molecular formula is C12H18O3. The number of hydrogen-bond donors (Lipinski definition) is 2. The summed E-state index contributed by atoms with van der Waals surface area (Å²) in [6, 6.07) is 7.74. The van der Waals surface area contributed by atoms with E-state index in [1.807, 2.05) is 31.2 Å². The van der Waals surface area contributed by atoms with Crippen molar-refractivity contribution in [1.29, 1.82) is 0 Å². The predicted octanol–water partition coefficient (Wildman–Crippen LogP) is 1.54. The second-order valence-corrected chi connectivity index (χ2v) is 3.72. The molecule has 0 saturated heterocycles. The highest BCUT2D eigenvalue weighted by Gasteiger charge is 2.14. The zero-order chi connectivity index (χ0) is 11.3. The minimum Gasteiger partial charge on any atom is -0.496 e. The fourth-order valence-electron chi connectivity index (χ4n) is 1.68. The molecule has 0 heterocycles. The van der Waals surface area contributed by atoms with Gasteiger partial charge in [0.05, 0.1) is 19.8 Å². The summed E-state index contributed by atoms with van der Waals surface area (Å²) in [5.41, 5.74) is 1.06. The number of aliphatic hydroxyl groups is 2. The zero-order valence-electron chi connectivity index (χ0n) is 9.18. The molecule has 0 aliphatic rings. The number of hydrogen-bond acceptors (Lipinski definition) is 3. The first kappa shape index (κ1) is 12.0. The van der Waals surface area contributed by atoms with Gasteiger partial charge in [0, 0.05) is 0 Å². The molecule has 0 saturated carbocycles. The summed E-state index contributed by atoms with van der Waals surface area (Å²) in [5.74, 6) is 0.999. The minimum absolute atomic E-state index is 0.170. The van der Waals surface area contributed by atoms with Crippen LogP contribution in [0.4, 0.5) is 0 Å². The molecule has 2 unspecified atom stereocenters. The molecular weight excluding hydrogens is 192 g/mol. The van der Waals surface area contributed by atoms with Crippen LogP contribution in [0.3, 0.4) is 0 Å². The van der Waals surface area contributed by atoms with Gasteiger partial charge in [-0.05, 0) is 24.0 Å². The van der Waals surface area contributed by atoms with E-state index in [0.717, 1.165) is 11.3 Å². The summed E-state index contributed by atoms with van der Waals surface area (Å²) in [6.45, 7) is 1.82. The predicted molar refractivity (Wildman–Crippen MR) is 59.1 cm³/mol. The van der Waals surface area contributed by atoms with Gasteiger partial charge in [0.2, 0.25) is 0 Å². The van der Waals surface area contributed by atoms with E-state index in [1.165, 1.54) is 0 Å². The van der Waals surface area contributed by atoms with Crippen molar-refractivity contribution in [2.75, 3.05) is 13.7 Å². The van der Waals surface area contributed by atoms with Crippen LogP contribution in [0, 0.1) is 0 Å². The monoisotopic (exact) mass is 210 g/mol. The first-order valence-corrected chi connectivity index (χ1v) is 5.10. The SMILES string of the molecule is COc1ccccc1C(C)CC(O)CO. The zero-order valence-corrected chi connectivity index (χ0v) is 9.18. The average molecular weight is 210 g/mol. The number of benzene rings is 1.